The Morgan fingerprint density at radius 3 is 2.58 bits per heavy atom. The fourth-order valence-corrected chi connectivity index (χ4v) is 4.53. The van der Waals surface area contributed by atoms with Crippen molar-refractivity contribution >= 4 is 28.6 Å². The molecule has 2 heterocycles. The molecule has 0 radical (unpaired) electrons. The Morgan fingerprint density at radius 1 is 1.08 bits per heavy atom. The molecule has 0 aliphatic heterocycles. The molecule has 2 aliphatic rings. The number of fused-ring (bicyclic) bond motifs is 1. The van der Waals surface area contributed by atoms with Crippen LogP contribution in [0.2, 0.25) is 5.28 Å². The van der Waals surface area contributed by atoms with Gasteiger partial charge in [0.15, 0.2) is 11.5 Å². The van der Waals surface area contributed by atoms with E-state index in [9.17, 15) is 0 Å². The zero-order valence-electron chi connectivity index (χ0n) is 15.8. The minimum Gasteiger partial charge on any atom is -0.368 e. The number of aryl methyl sites for hydroxylation is 1. The summed E-state index contributed by atoms with van der Waals surface area (Å²) >= 11 is 6.11. The smallest absolute Gasteiger partial charge is 0.226 e. The molecule has 0 spiro atoms. The van der Waals surface area contributed by atoms with Crippen LogP contribution in [-0.2, 0) is 6.54 Å². The molecule has 0 saturated heterocycles. The topological polar surface area (TPSA) is 55.6 Å². The molecule has 0 amide bonds. The van der Waals surface area contributed by atoms with Crippen LogP contribution in [0.25, 0.3) is 11.2 Å². The second-order valence-electron chi connectivity index (χ2n) is 8.38. The van der Waals surface area contributed by atoms with Crippen LogP contribution in [0.5, 0.6) is 0 Å². The van der Waals surface area contributed by atoms with Crippen molar-refractivity contribution in [1.82, 2.24) is 19.5 Å². The van der Waals surface area contributed by atoms with E-state index in [1.54, 1.807) is 0 Å². The maximum absolute atomic E-state index is 6.11. The predicted molar refractivity (Wildman–Crippen MR) is 107 cm³/mol. The lowest BCUT2D eigenvalue weighted by Gasteiger charge is -2.26. The molecule has 2 aliphatic carbocycles. The number of anilines is 1. The Bertz CT molecular complexity index is 731. The van der Waals surface area contributed by atoms with Crippen LogP contribution in [0.1, 0.15) is 64.7 Å². The number of nitrogens with one attached hydrogen (secondary N) is 1. The van der Waals surface area contributed by atoms with Crippen molar-refractivity contribution in [3.63, 3.8) is 0 Å². The van der Waals surface area contributed by atoms with E-state index in [4.69, 9.17) is 11.6 Å². The summed E-state index contributed by atoms with van der Waals surface area (Å²) in [6.45, 7) is 4.30. The lowest BCUT2D eigenvalue weighted by Crippen LogP contribution is -2.17. The van der Waals surface area contributed by atoms with Gasteiger partial charge in [-0.15, -0.1) is 0 Å². The highest BCUT2D eigenvalue weighted by Crippen LogP contribution is 2.32. The molecule has 0 bridgehead atoms. The third-order valence-corrected chi connectivity index (χ3v) is 6.60. The van der Waals surface area contributed by atoms with Crippen molar-refractivity contribution in [2.75, 3.05) is 11.9 Å². The molecule has 2 aromatic rings. The molecule has 0 aromatic carbocycles. The minimum atomic E-state index is 0.273. The number of hydrogen-bond acceptors (Lipinski definition) is 4. The van der Waals surface area contributed by atoms with E-state index in [0.29, 0.717) is 5.65 Å². The largest absolute Gasteiger partial charge is 0.368 e. The number of rotatable bonds is 7. The number of hydrogen-bond donors (Lipinski definition) is 1. The fraction of sp³-hybridized carbons (Fsp3) is 0.750. The SMILES string of the molecule is C[C@H]1CC[C@H](CCn2cnc3nc(Cl)nc(NCCC4CCC4)c32)CC1. The van der Waals surface area contributed by atoms with Crippen molar-refractivity contribution in [1.29, 1.82) is 0 Å². The molecule has 142 valence electrons. The first-order valence-electron chi connectivity index (χ1n) is 10.3. The van der Waals surface area contributed by atoms with Crippen LogP contribution in [0.15, 0.2) is 6.33 Å². The van der Waals surface area contributed by atoms with Crippen LogP contribution in [-0.4, -0.2) is 26.1 Å². The third-order valence-electron chi connectivity index (χ3n) is 6.43. The summed E-state index contributed by atoms with van der Waals surface area (Å²) in [5, 5.41) is 3.77. The highest BCUT2D eigenvalue weighted by atomic mass is 35.5. The van der Waals surface area contributed by atoms with E-state index < -0.39 is 0 Å². The van der Waals surface area contributed by atoms with Gasteiger partial charge in [0.25, 0.3) is 0 Å². The van der Waals surface area contributed by atoms with Crippen molar-refractivity contribution in [3.05, 3.63) is 11.6 Å². The van der Waals surface area contributed by atoms with Gasteiger partial charge in [-0.25, -0.2) is 4.98 Å². The van der Waals surface area contributed by atoms with E-state index in [-0.39, 0.29) is 5.28 Å². The molecule has 2 aromatic heterocycles. The van der Waals surface area contributed by atoms with Crippen molar-refractivity contribution in [2.24, 2.45) is 17.8 Å². The van der Waals surface area contributed by atoms with Gasteiger partial charge in [0.1, 0.15) is 5.52 Å². The first-order valence-corrected chi connectivity index (χ1v) is 10.7. The average molecular weight is 376 g/mol. The van der Waals surface area contributed by atoms with E-state index in [1.165, 1.54) is 57.8 Å². The van der Waals surface area contributed by atoms with Gasteiger partial charge >= 0.3 is 0 Å². The summed E-state index contributed by atoms with van der Waals surface area (Å²) in [5.41, 5.74) is 1.71. The fourth-order valence-electron chi connectivity index (χ4n) is 4.36. The molecule has 4 rings (SSSR count). The first-order chi connectivity index (χ1) is 12.7. The maximum Gasteiger partial charge on any atom is 0.226 e. The summed E-state index contributed by atoms with van der Waals surface area (Å²) in [6, 6.07) is 0. The lowest BCUT2D eigenvalue weighted by molar-refractivity contribution is 0.269. The van der Waals surface area contributed by atoms with Crippen LogP contribution in [0, 0.1) is 17.8 Å². The Balaban J connectivity index is 1.44. The first kappa shape index (κ1) is 18.0. The summed E-state index contributed by atoms with van der Waals surface area (Å²) < 4.78 is 2.22. The van der Waals surface area contributed by atoms with Gasteiger partial charge in [0, 0.05) is 13.1 Å². The summed E-state index contributed by atoms with van der Waals surface area (Å²) in [5.74, 6) is 3.47. The summed E-state index contributed by atoms with van der Waals surface area (Å²) in [6.07, 6.45) is 13.9. The Morgan fingerprint density at radius 2 is 1.85 bits per heavy atom. The van der Waals surface area contributed by atoms with Crippen LogP contribution < -0.4 is 5.32 Å². The molecule has 1 N–H and O–H groups in total. The molecule has 6 heteroatoms. The summed E-state index contributed by atoms with van der Waals surface area (Å²) in [4.78, 5) is 13.3. The lowest BCUT2D eigenvalue weighted by atomic mass is 9.81. The Kier molecular flexibility index (Phi) is 5.63. The number of imidazole rings is 1. The molecule has 2 fully saturated rings. The van der Waals surface area contributed by atoms with E-state index in [1.807, 2.05) is 6.33 Å². The molecular weight excluding hydrogens is 346 g/mol. The molecule has 2 saturated carbocycles. The van der Waals surface area contributed by atoms with Gasteiger partial charge in [-0.1, -0.05) is 51.9 Å². The monoisotopic (exact) mass is 375 g/mol. The zero-order valence-corrected chi connectivity index (χ0v) is 16.5. The molecule has 26 heavy (non-hydrogen) atoms. The van der Waals surface area contributed by atoms with Crippen LogP contribution in [0.3, 0.4) is 0 Å². The van der Waals surface area contributed by atoms with Gasteiger partial charge < -0.3 is 9.88 Å². The molecular formula is C20H30ClN5. The average Bonchev–Trinajstić information content (AvgIpc) is 2.99. The second kappa shape index (κ2) is 8.12. The molecule has 0 atom stereocenters. The number of nitrogens with zero attached hydrogens (tertiary/aromatic N) is 4. The van der Waals surface area contributed by atoms with E-state index >= 15 is 0 Å². The van der Waals surface area contributed by atoms with Gasteiger partial charge in [-0.3, -0.25) is 0 Å². The second-order valence-corrected chi connectivity index (χ2v) is 8.72. The normalized spacial score (nSPS) is 23.9. The summed E-state index contributed by atoms with van der Waals surface area (Å²) in [7, 11) is 0. The van der Waals surface area contributed by atoms with E-state index in [2.05, 4.69) is 31.8 Å². The van der Waals surface area contributed by atoms with Crippen molar-refractivity contribution < 1.29 is 0 Å². The van der Waals surface area contributed by atoms with Gasteiger partial charge in [0.05, 0.1) is 6.33 Å². The van der Waals surface area contributed by atoms with Crippen LogP contribution >= 0.6 is 11.6 Å². The maximum atomic E-state index is 6.11. The Labute approximate surface area is 161 Å². The standard InChI is InChI=1S/C20H30ClN5/c1-14-5-7-16(8-6-14)10-12-26-13-23-19-17(26)18(24-20(21)25-19)22-11-9-15-3-2-4-15/h13-16H,2-12H2,1H3,(H,22,24,25)/t14-,16-. The predicted octanol–water partition coefficient (Wildman–Crippen LogP) is 5.30. The van der Waals surface area contributed by atoms with Gasteiger partial charge in [-0.2, -0.15) is 9.97 Å². The van der Waals surface area contributed by atoms with Crippen molar-refractivity contribution in [3.8, 4) is 0 Å². The highest BCUT2D eigenvalue weighted by Gasteiger charge is 2.20. The highest BCUT2D eigenvalue weighted by molar-refractivity contribution is 6.28. The minimum absolute atomic E-state index is 0.273. The quantitative estimate of drug-likeness (QED) is 0.667. The molecule has 5 nitrogen and oxygen atoms in total. The third kappa shape index (κ3) is 4.13. The van der Waals surface area contributed by atoms with Crippen molar-refractivity contribution in [2.45, 2.75) is 71.3 Å². The number of aromatic nitrogens is 4. The molecule has 0 unspecified atom stereocenters. The van der Waals surface area contributed by atoms with Gasteiger partial charge in [-0.05, 0) is 42.2 Å². The van der Waals surface area contributed by atoms with Crippen LogP contribution in [0.4, 0.5) is 5.82 Å². The Hall–Kier alpha value is -1.36. The zero-order chi connectivity index (χ0) is 17.9. The van der Waals surface area contributed by atoms with Gasteiger partial charge in [0.2, 0.25) is 5.28 Å². The van der Waals surface area contributed by atoms with E-state index in [0.717, 1.165) is 42.2 Å². The number of halogens is 1.